The lowest BCUT2D eigenvalue weighted by Crippen LogP contribution is -2.21. The van der Waals surface area contributed by atoms with Crippen LogP contribution in [0, 0.1) is 0 Å². The van der Waals surface area contributed by atoms with Gasteiger partial charge in [0, 0.05) is 6.61 Å². The van der Waals surface area contributed by atoms with E-state index >= 15 is 0 Å². The fourth-order valence-electron chi connectivity index (χ4n) is 1.84. The van der Waals surface area contributed by atoms with Crippen molar-refractivity contribution in [2.75, 3.05) is 20.3 Å². The minimum atomic E-state index is 0.303. The van der Waals surface area contributed by atoms with Gasteiger partial charge in [-0.1, -0.05) is 37.6 Å². The first-order chi connectivity index (χ1) is 7.81. The number of likely N-dealkylation sites (N-methyl/N-ethyl adjacent to an activating group) is 1. The third kappa shape index (κ3) is 3.95. The zero-order chi connectivity index (χ0) is 11.8. The van der Waals surface area contributed by atoms with Crippen LogP contribution in [0.2, 0.25) is 0 Å². The Kier molecular flexibility index (Phi) is 6.12. The minimum Gasteiger partial charge on any atom is -0.380 e. The molecule has 0 heterocycles. The van der Waals surface area contributed by atoms with Gasteiger partial charge in [0.1, 0.15) is 0 Å². The molecule has 0 radical (unpaired) electrons. The summed E-state index contributed by atoms with van der Waals surface area (Å²) < 4.78 is 5.48. The molecular weight excluding hydrogens is 198 g/mol. The fourth-order valence-corrected chi connectivity index (χ4v) is 1.84. The molecule has 0 aliphatic heterocycles. The standard InChI is InChI=1S/C14H23NO/c1-4-7-12-8-6-9-13(10-12)14(15-3)11-16-5-2/h6,8-10,14-15H,4-5,7,11H2,1-3H3. The maximum absolute atomic E-state index is 5.48. The Balaban J connectivity index is 2.71. The summed E-state index contributed by atoms with van der Waals surface area (Å²) in [5.74, 6) is 0. The van der Waals surface area contributed by atoms with Crippen LogP contribution in [-0.4, -0.2) is 20.3 Å². The zero-order valence-corrected chi connectivity index (χ0v) is 10.6. The number of ether oxygens (including phenoxy) is 1. The molecule has 0 spiro atoms. The predicted octanol–water partition coefficient (Wildman–Crippen LogP) is 2.94. The molecule has 90 valence electrons. The van der Waals surface area contributed by atoms with E-state index in [1.807, 2.05) is 14.0 Å². The molecule has 0 aromatic heterocycles. The van der Waals surface area contributed by atoms with E-state index in [4.69, 9.17) is 4.74 Å². The van der Waals surface area contributed by atoms with Gasteiger partial charge >= 0.3 is 0 Å². The summed E-state index contributed by atoms with van der Waals surface area (Å²) in [4.78, 5) is 0. The van der Waals surface area contributed by atoms with Crippen molar-refractivity contribution in [3.63, 3.8) is 0 Å². The maximum atomic E-state index is 5.48. The molecule has 1 atom stereocenters. The Bertz CT molecular complexity index is 299. The topological polar surface area (TPSA) is 21.3 Å². The average Bonchev–Trinajstić information content (AvgIpc) is 2.31. The summed E-state index contributed by atoms with van der Waals surface area (Å²) in [5.41, 5.74) is 2.73. The fraction of sp³-hybridized carbons (Fsp3) is 0.571. The van der Waals surface area contributed by atoms with Crippen LogP contribution in [0.15, 0.2) is 24.3 Å². The van der Waals surface area contributed by atoms with E-state index in [0.29, 0.717) is 6.04 Å². The summed E-state index contributed by atoms with van der Waals surface area (Å²) in [5, 5.41) is 3.30. The molecular formula is C14H23NO. The van der Waals surface area contributed by atoms with Gasteiger partial charge in [0.15, 0.2) is 0 Å². The number of nitrogens with one attached hydrogen (secondary N) is 1. The maximum Gasteiger partial charge on any atom is 0.0661 e. The normalized spacial score (nSPS) is 12.7. The summed E-state index contributed by atoms with van der Waals surface area (Å²) in [6.45, 7) is 5.75. The third-order valence-corrected chi connectivity index (χ3v) is 2.73. The number of benzene rings is 1. The monoisotopic (exact) mass is 221 g/mol. The van der Waals surface area contributed by atoms with Gasteiger partial charge in [0.25, 0.3) is 0 Å². The Morgan fingerprint density at radius 3 is 2.75 bits per heavy atom. The highest BCUT2D eigenvalue weighted by molar-refractivity contribution is 5.26. The Morgan fingerprint density at radius 1 is 1.31 bits per heavy atom. The highest BCUT2D eigenvalue weighted by Crippen LogP contribution is 2.15. The summed E-state index contributed by atoms with van der Waals surface area (Å²) in [6.07, 6.45) is 2.35. The molecule has 1 aromatic carbocycles. The molecule has 0 aliphatic carbocycles. The lowest BCUT2D eigenvalue weighted by Gasteiger charge is -2.17. The molecule has 0 aliphatic rings. The van der Waals surface area contributed by atoms with E-state index < -0.39 is 0 Å². The second kappa shape index (κ2) is 7.42. The van der Waals surface area contributed by atoms with Gasteiger partial charge in [-0.3, -0.25) is 0 Å². The molecule has 2 heteroatoms. The first-order valence-corrected chi connectivity index (χ1v) is 6.15. The lowest BCUT2D eigenvalue weighted by molar-refractivity contribution is 0.125. The lowest BCUT2D eigenvalue weighted by atomic mass is 10.0. The molecule has 1 rings (SSSR count). The number of hydrogen-bond donors (Lipinski definition) is 1. The van der Waals surface area contributed by atoms with Crippen molar-refractivity contribution >= 4 is 0 Å². The Hall–Kier alpha value is -0.860. The van der Waals surface area contributed by atoms with E-state index in [2.05, 4.69) is 36.5 Å². The zero-order valence-electron chi connectivity index (χ0n) is 10.6. The quantitative estimate of drug-likeness (QED) is 0.764. The molecule has 16 heavy (non-hydrogen) atoms. The van der Waals surface area contributed by atoms with Gasteiger partial charge in [-0.05, 0) is 31.5 Å². The Morgan fingerprint density at radius 2 is 2.12 bits per heavy atom. The number of rotatable bonds is 7. The van der Waals surface area contributed by atoms with Crippen LogP contribution in [0.25, 0.3) is 0 Å². The van der Waals surface area contributed by atoms with Crippen LogP contribution in [0.3, 0.4) is 0 Å². The Labute approximate surface area is 99.0 Å². The summed E-state index contributed by atoms with van der Waals surface area (Å²) in [7, 11) is 1.98. The van der Waals surface area contributed by atoms with Gasteiger partial charge in [-0.25, -0.2) is 0 Å². The molecule has 1 aromatic rings. The van der Waals surface area contributed by atoms with E-state index in [1.54, 1.807) is 0 Å². The number of hydrogen-bond acceptors (Lipinski definition) is 2. The molecule has 0 saturated carbocycles. The van der Waals surface area contributed by atoms with E-state index in [0.717, 1.165) is 19.6 Å². The highest BCUT2D eigenvalue weighted by atomic mass is 16.5. The summed E-state index contributed by atoms with van der Waals surface area (Å²) in [6, 6.07) is 9.08. The van der Waals surface area contributed by atoms with Crippen molar-refractivity contribution in [2.24, 2.45) is 0 Å². The van der Waals surface area contributed by atoms with Gasteiger partial charge in [-0.2, -0.15) is 0 Å². The third-order valence-electron chi connectivity index (χ3n) is 2.73. The average molecular weight is 221 g/mol. The van der Waals surface area contributed by atoms with Crippen molar-refractivity contribution in [1.29, 1.82) is 0 Å². The van der Waals surface area contributed by atoms with Crippen molar-refractivity contribution in [2.45, 2.75) is 32.7 Å². The van der Waals surface area contributed by atoms with Crippen LogP contribution in [-0.2, 0) is 11.2 Å². The predicted molar refractivity (Wildman–Crippen MR) is 68.7 cm³/mol. The minimum absolute atomic E-state index is 0.303. The first kappa shape index (κ1) is 13.2. The number of aryl methyl sites for hydroxylation is 1. The van der Waals surface area contributed by atoms with Gasteiger partial charge < -0.3 is 10.1 Å². The molecule has 0 fully saturated rings. The highest BCUT2D eigenvalue weighted by Gasteiger charge is 2.08. The molecule has 2 nitrogen and oxygen atoms in total. The van der Waals surface area contributed by atoms with E-state index in [1.165, 1.54) is 17.5 Å². The van der Waals surface area contributed by atoms with Gasteiger partial charge in [0.2, 0.25) is 0 Å². The van der Waals surface area contributed by atoms with Crippen LogP contribution in [0.1, 0.15) is 37.4 Å². The van der Waals surface area contributed by atoms with E-state index in [-0.39, 0.29) is 0 Å². The van der Waals surface area contributed by atoms with Crippen molar-refractivity contribution in [1.82, 2.24) is 5.32 Å². The van der Waals surface area contributed by atoms with Crippen molar-refractivity contribution < 1.29 is 4.74 Å². The van der Waals surface area contributed by atoms with Crippen LogP contribution >= 0.6 is 0 Å². The summed E-state index contributed by atoms with van der Waals surface area (Å²) >= 11 is 0. The largest absolute Gasteiger partial charge is 0.380 e. The molecule has 0 bridgehead atoms. The van der Waals surface area contributed by atoms with Crippen molar-refractivity contribution in [3.8, 4) is 0 Å². The first-order valence-electron chi connectivity index (χ1n) is 6.15. The van der Waals surface area contributed by atoms with Crippen LogP contribution in [0.4, 0.5) is 0 Å². The van der Waals surface area contributed by atoms with Gasteiger partial charge in [-0.15, -0.1) is 0 Å². The molecule has 0 saturated heterocycles. The SMILES string of the molecule is CCCc1cccc(C(COCC)NC)c1. The second-order valence-corrected chi connectivity index (χ2v) is 4.00. The molecule has 1 N–H and O–H groups in total. The smallest absolute Gasteiger partial charge is 0.0661 e. The molecule has 0 amide bonds. The van der Waals surface area contributed by atoms with Crippen LogP contribution in [0.5, 0.6) is 0 Å². The van der Waals surface area contributed by atoms with Crippen LogP contribution < -0.4 is 5.32 Å². The van der Waals surface area contributed by atoms with Crippen molar-refractivity contribution in [3.05, 3.63) is 35.4 Å². The van der Waals surface area contributed by atoms with Gasteiger partial charge in [0.05, 0.1) is 12.6 Å². The van der Waals surface area contributed by atoms with E-state index in [9.17, 15) is 0 Å². The molecule has 1 unspecified atom stereocenters. The second-order valence-electron chi connectivity index (χ2n) is 4.00.